The number of ether oxygens (including phenoxy) is 1. The zero-order valence-corrected chi connectivity index (χ0v) is 28.1. The van der Waals surface area contributed by atoms with Gasteiger partial charge in [-0.15, -0.1) is 10.2 Å². The number of aliphatic hydroxyl groups is 1. The van der Waals surface area contributed by atoms with Gasteiger partial charge in [0, 0.05) is 33.5 Å². The number of rotatable bonds is 10. The number of aromatic nitrogens is 2. The van der Waals surface area contributed by atoms with Gasteiger partial charge in [-0.05, 0) is 60.0 Å². The molecule has 0 saturated carbocycles. The highest BCUT2D eigenvalue weighted by molar-refractivity contribution is 8.00. The average molecular weight is 720 g/mol. The van der Waals surface area contributed by atoms with Crippen molar-refractivity contribution in [3.8, 4) is 5.75 Å². The quantitative estimate of drug-likeness (QED) is 0.0286. The summed E-state index contributed by atoms with van der Waals surface area (Å²) in [6.07, 6.45) is 0. The SMILES string of the molecule is Cc1cccc(COc2ccc(/C(O)=C3\C(=O)C(=O)N(c4nnc(SCc5ccc(Cl)cc5Cl)s4)C3c3cccc([N+](=O)[O-])c3)cc2)c1. The fourth-order valence-electron chi connectivity index (χ4n) is 5.12. The van der Waals surface area contributed by atoms with Crippen LogP contribution < -0.4 is 9.64 Å². The summed E-state index contributed by atoms with van der Waals surface area (Å²) in [4.78, 5) is 39.4. The molecule has 1 aromatic heterocycles. The number of hydrogen-bond acceptors (Lipinski definition) is 10. The molecule has 14 heteroatoms. The second-order valence-electron chi connectivity index (χ2n) is 10.7. The Labute approximate surface area is 292 Å². The average Bonchev–Trinajstić information content (AvgIpc) is 3.65. The van der Waals surface area contributed by atoms with Crippen LogP contribution in [0.25, 0.3) is 5.76 Å². The molecular weight excluding hydrogens is 695 g/mol. The Morgan fingerprint density at radius 3 is 2.52 bits per heavy atom. The number of halogens is 2. The van der Waals surface area contributed by atoms with Crippen LogP contribution in [0.1, 0.15) is 33.9 Å². The van der Waals surface area contributed by atoms with Crippen LogP contribution in [0.3, 0.4) is 0 Å². The predicted octanol–water partition coefficient (Wildman–Crippen LogP) is 8.56. The highest BCUT2D eigenvalue weighted by Crippen LogP contribution is 2.45. The van der Waals surface area contributed by atoms with Crippen LogP contribution in [-0.4, -0.2) is 31.9 Å². The topological polar surface area (TPSA) is 136 Å². The van der Waals surface area contributed by atoms with Gasteiger partial charge >= 0.3 is 5.91 Å². The van der Waals surface area contributed by atoms with Gasteiger partial charge in [-0.1, -0.05) is 94.3 Å². The summed E-state index contributed by atoms with van der Waals surface area (Å²) in [5.74, 6) is -1.42. The van der Waals surface area contributed by atoms with Gasteiger partial charge < -0.3 is 9.84 Å². The van der Waals surface area contributed by atoms with E-state index in [0.29, 0.717) is 32.5 Å². The van der Waals surface area contributed by atoms with E-state index in [0.717, 1.165) is 32.9 Å². The Kier molecular flexibility index (Phi) is 9.78. The second kappa shape index (κ2) is 14.2. The summed E-state index contributed by atoms with van der Waals surface area (Å²) in [5.41, 5.74) is 2.91. The molecule has 0 radical (unpaired) electrons. The molecule has 2 heterocycles. The Balaban J connectivity index is 1.32. The molecule has 1 unspecified atom stereocenters. The standard InChI is InChI=1S/C34H24Cl2N4O6S2/c1-19-4-2-5-20(14-19)17-46-26-12-9-21(10-13-26)30(41)28-29(22-6-3-7-25(15-22)40(44)45)39(32(43)31(28)42)33-37-38-34(48-33)47-18-23-8-11-24(35)16-27(23)36/h2-16,29,41H,17-18H2,1H3/b30-28+. The van der Waals surface area contributed by atoms with Crippen LogP contribution in [0.2, 0.25) is 10.0 Å². The molecule has 0 bridgehead atoms. The molecule has 6 rings (SSSR count). The number of anilines is 1. The molecule has 1 aliphatic rings. The third-order valence-corrected chi connectivity index (χ3v) is 10.1. The van der Waals surface area contributed by atoms with Crippen molar-refractivity contribution in [2.24, 2.45) is 0 Å². The van der Waals surface area contributed by atoms with E-state index in [4.69, 9.17) is 27.9 Å². The van der Waals surface area contributed by atoms with Crippen molar-refractivity contribution in [2.75, 3.05) is 4.90 Å². The number of nitro groups is 1. The minimum absolute atomic E-state index is 0.0808. The Morgan fingerprint density at radius 2 is 1.79 bits per heavy atom. The molecule has 0 aliphatic carbocycles. The molecule has 1 saturated heterocycles. The van der Waals surface area contributed by atoms with Gasteiger partial charge in [0.05, 0.1) is 16.5 Å². The minimum atomic E-state index is -1.22. The van der Waals surface area contributed by atoms with E-state index in [9.17, 15) is 24.8 Å². The van der Waals surface area contributed by atoms with E-state index >= 15 is 0 Å². The number of amides is 1. The van der Waals surface area contributed by atoms with Crippen LogP contribution in [0.4, 0.5) is 10.8 Å². The van der Waals surface area contributed by atoms with Gasteiger partial charge in [0.15, 0.2) is 4.34 Å². The summed E-state index contributed by atoms with van der Waals surface area (Å²) in [6, 6.07) is 23.8. The number of benzene rings is 4. The summed E-state index contributed by atoms with van der Waals surface area (Å²) < 4.78 is 6.37. The highest BCUT2D eigenvalue weighted by atomic mass is 35.5. The summed E-state index contributed by atoms with van der Waals surface area (Å²) >= 11 is 14.7. The molecule has 1 atom stereocenters. The number of ketones is 1. The van der Waals surface area contributed by atoms with Gasteiger partial charge in [-0.25, -0.2) is 0 Å². The maximum absolute atomic E-state index is 13.6. The summed E-state index contributed by atoms with van der Waals surface area (Å²) in [6.45, 7) is 2.33. The van der Waals surface area contributed by atoms with Gasteiger partial charge in [-0.2, -0.15) is 0 Å². The number of nitro benzene ring substituents is 1. The highest BCUT2D eigenvalue weighted by Gasteiger charge is 2.48. The van der Waals surface area contributed by atoms with Gasteiger partial charge in [0.2, 0.25) is 5.13 Å². The Hall–Kier alpha value is -4.75. The lowest BCUT2D eigenvalue weighted by atomic mass is 9.95. The van der Waals surface area contributed by atoms with Gasteiger partial charge in [-0.3, -0.25) is 24.6 Å². The minimum Gasteiger partial charge on any atom is -0.507 e. The third kappa shape index (κ3) is 7.07. The first-order chi connectivity index (χ1) is 23.1. The number of thioether (sulfide) groups is 1. The number of carbonyl (C=O) groups is 2. The lowest BCUT2D eigenvalue weighted by Crippen LogP contribution is -2.29. The number of non-ortho nitro benzene ring substituents is 1. The molecule has 10 nitrogen and oxygen atoms in total. The van der Waals surface area contributed by atoms with Crippen LogP contribution in [0.15, 0.2) is 101 Å². The van der Waals surface area contributed by atoms with Crippen molar-refractivity contribution in [3.05, 3.63) is 145 Å². The first-order valence-corrected chi connectivity index (χ1v) is 16.9. The van der Waals surface area contributed by atoms with Gasteiger partial charge in [0.1, 0.15) is 18.1 Å². The molecule has 1 N–H and O–H groups in total. The molecule has 1 fully saturated rings. The monoisotopic (exact) mass is 718 g/mol. The lowest BCUT2D eigenvalue weighted by Gasteiger charge is -2.22. The largest absolute Gasteiger partial charge is 0.507 e. The van der Waals surface area contributed by atoms with Crippen molar-refractivity contribution < 1.29 is 24.4 Å². The van der Waals surface area contributed by atoms with Crippen molar-refractivity contribution >= 4 is 74.6 Å². The Morgan fingerprint density at radius 1 is 1.02 bits per heavy atom. The number of Topliss-reactive ketones (excluding diaryl/α,β-unsaturated/α-hetero) is 1. The van der Waals surface area contributed by atoms with Gasteiger partial charge in [0.25, 0.3) is 11.5 Å². The van der Waals surface area contributed by atoms with E-state index in [-0.39, 0.29) is 27.5 Å². The molecule has 1 aliphatic heterocycles. The second-order valence-corrected chi connectivity index (χ2v) is 13.7. The normalized spacial score (nSPS) is 15.6. The zero-order valence-electron chi connectivity index (χ0n) is 25.0. The molecule has 48 heavy (non-hydrogen) atoms. The number of nitrogens with zero attached hydrogens (tertiary/aromatic N) is 4. The van der Waals surface area contributed by atoms with E-state index < -0.39 is 28.4 Å². The van der Waals surface area contributed by atoms with Crippen LogP contribution >= 0.6 is 46.3 Å². The third-order valence-electron chi connectivity index (χ3n) is 7.43. The first-order valence-electron chi connectivity index (χ1n) is 14.3. The molecular formula is C34H24Cl2N4O6S2. The molecule has 0 spiro atoms. The maximum Gasteiger partial charge on any atom is 0.301 e. The number of hydrogen-bond donors (Lipinski definition) is 1. The fourth-order valence-corrected chi connectivity index (χ4v) is 7.55. The predicted molar refractivity (Wildman–Crippen MR) is 186 cm³/mol. The molecule has 1 amide bonds. The van der Waals surface area contributed by atoms with E-state index in [2.05, 4.69) is 10.2 Å². The number of carbonyl (C=O) groups excluding carboxylic acids is 2. The summed E-state index contributed by atoms with van der Waals surface area (Å²) in [7, 11) is 0. The first kappa shape index (κ1) is 33.2. The van der Waals surface area contributed by atoms with Crippen molar-refractivity contribution in [1.82, 2.24) is 10.2 Å². The number of aliphatic hydroxyl groups excluding tert-OH is 1. The maximum atomic E-state index is 13.6. The molecule has 5 aromatic rings. The van der Waals surface area contributed by atoms with Crippen molar-refractivity contribution in [1.29, 1.82) is 0 Å². The molecule has 242 valence electrons. The lowest BCUT2D eigenvalue weighted by molar-refractivity contribution is -0.384. The molecule has 4 aromatic carbocycles. The number of aryl methyl sites for hydroxylation is 1. The smallest absolute Gasteiger partial charge is 0.301 e. The van der Waals surface area contributed by atoms with E-state index in [1.165, 1.54) is 30.0 Å². The van der Waals surface area contributed by atoms with Crippen LogP contribution in [0.5, 0.6) is 5.75 Å². The zero-order chi connectivity index (χ0) is 33.9. The van der Waals surface area contributed by atoms with E-state index in [1.807, 2.05) is 31.2 Å². The van der Waals surface area contributed by atoms with Crippen molar-refractivity contribution in [3.63, 3.8) is 0 Å². The van der Waals surface area contributed by atoms with Crippen LogP contribution in [0, 0.1) is 17.0 Å². The van der Waals surface area contributed by atoms with Crippen molar-refractivity contribution in [2.45, 2.75) is 29.7 Å². The Bertz CT molecular complexity index is 2090. The van der Waals surface area contributed by atoms with Crippen LogP contribution in [-0.2, 0) is 21.9 Å². The van der Waals surface area contributed by atoms with E-state index in [1.54, 1.807) is 48.5 Å². The fraction of sp³-hybridized carbons (Fsp3) is 0.118. The summed E-state index contributed by atoms with van der Waals surface area (Å²) in [5, 5.41) is 32.6.